The molecule has 0 unspecified atom stereocenters. The molecule has 2 amide bonds. The second-order valence-corrected chi connectivity index (χ2v) is 6.79. The number of benzene rings is 2. The number of hydrogen-bond acceptors (Lipinski definition) is 5. The smallest absolute Gasteiger partial charge is 0.338 e. The van der Waals surface area contributed by atoms with Crippen LogP contribution in [0.5, 0.6) is 0 Å². The summed E-state index contributed by atoms with van der Waals surface area (Å²) in [4.78, 5) is 38.9. The van der Waals surface area contributed by atoms with Gasteiger partial charge in [0.05, 0.1) is 37.4 Å². The zero-order chi connectivity index (χ0) is 21.7. The highest BCUT2D eigenvalue weighted by molar-refractivity contribution is 5.95. The monoisotopic (exact) mass is 408 g/mol. The Hall–Kier alpha value is -3.61. The van der Waals surface area contributed by atoms with Gasteiger partial charge in [0, 0.05) is 5.70 Å². The van der Waals surface area contributed by atoms with Crippen LogP contribution in [0.25, 0.3) is 0 Å². The number of methoxy groups -OCH3 is 1. The van der Waals surface area contributed by atoms with E-state index in [1.54, 1.807) is 38.1 Å². The first-order chi connectivity index (χ1) is 14.5. The third kappa shape index (κ3) is 4.35. The minimum atomic E-state index is -0.685. The number of amides is 2. The van der Waals surface area contributed by atoms with Gasteiger partial charge in [0.2, 0.25) is 0 Å². The maximum Gasteiger partial charge on any atom is 0.338 e. The van der Waals surface area contributed by atoms with Gasteiger partial charge in [0.1, 0.15) is 0 Å². The molecule has 0 saturated carbocycles. The predicted molar refractivity (Wildman–Crippen MR) is 110 cm³/mol. The number of carbonyl (C=O) groups excluding carboxylic acids is 3. The maximum absolute atomic E-state index is 12.9. The molecule has 1 aliphatic heterocycles. The van der Waals surface area contributed by atoms with Crippen molar-refractivity contribution >= 4 is 18.0 Å². The van der Waals surface area contributed by atoms with Crippen molar-refractivity contribution in [1.82, 2.24) is 10.2 Å². The van der Waals surface area contributed by atoms with E-state index in [1.807, 2.05) is 30.3 Å². The number of rotatable bonds is 6. The van der Waals surface area contributed by atoms with E-state index < -0.39 is 18.0 Å². The Labute approximate surface area is 175 Å². The summed E-state index contributed by atoms with van der Waals surface area (Å²) in [6, 6.07) is 15.1. The Morgan fingerprint density at radius 3 is 2.30 bits per heavy atom. The van der Waals surface area contributed by atoms with E-state index in [4.69, 9.17) is 9.47 Å². The summed E-state index contributed by atoms with van der Waals surface area (Å²) in [5, 5.41) is 2.90. The molecule has 1 heterocycles. The number of urea groups is 1. The summed E-state index contributed by atoms with van der Waals surface area (Å²) in [5.74, 6) is -0.948. The molecule has 30 heavy (non-hydrogen) atoms. The van der Waals surface area contributed by atoms with Gasteiger partial charge >= 0.3 is 18.0 Å². The van der Waals surface area contributed by atoms with Crippen LogP contribution in [0, 0.1) is 0 Å². The molecule has 0 fully saturated rings. The topological polar surface area (TPSA) is 84.9 Å². The minimum absolute atomic E-state index is 0.218. The Bertz CT molecular complexity index is 967. The molecule has 0 aromatic heterocycles. The van der Waals surface area contributed by atoms with Crippen LogP contribution in [-0.4, -0.2) is 36.6 Å². The van der Waals surface area contributed by atoms with Crippen LogP contribution in [0.3, 0.4) is 0 Å². The molecule has 156 valence electrons. The van der Waals surface area contributed by atoms with Crippen molar-refractivity contribution in [2.45, 2.75) is 26.4 Å². The van der Waals surface area contributed by atoms with Crippen molar-refractivity contribution in [2.24, 2.45) is 0 Å². The average molecular weight is 408 g/mol. The summed E-state index contributed by atoms with van der Waals surface area (Å²) < 4.78 is 9.99. The molecule has 7 nitrogen and oxygen atoms in total. The first-order valence-electron chi connectivity index (χ1n) is 9.64. The maximum atomic E-state index is 12.9. The van der Waals surface area contributed by atoms with Gasteiger partial charge in [-0.1, -0.05) is 42.5 Å². The summed E-state index contributed by atoms with van der Waals surface area (Å²) >= 11 is 0. The molecule has 7 heteroatoms. The van der Waals surface area contributed by atoms with E-state index in [0.717, 1.165) is 5.56 Å². The van der Waals surface area contributed by atoms with Gasteiger partial charge < -0.3 is 14.8 Å². The van der Waals surface area contributed by atoms with Gasteiger partial charge in [0.15, 0.2) is 0 Å². The molecular weight excluding hydrogens is 384 g/mol. The average Bonchev–Trinajstić information content (AvgIpc) is 2.76. The minimum Gasteiger partial charge on any atom is -0.465 e. The number of nitrogens with one attached hydrogen (secondary N) is 1. The Kier molecular flexibility index (Phi) is 6.51. The van der Waals surface area contributed by atoms with Crippen molar-refractivity contribution < 1.29 is 23.9 Å². The van der Waals surface area contributed by atoms with Gasteiger partial charge in [-0.2, -0.15) is 0 Å². The van der Waals surface area contributed by atoms with Crippen LogP contribution < -0.4 is 5.32 Å². The molecule has 1 aliphatic rings. The number of hydrogen-bond donors (Lipinski definition) is 1. The molecule has 0 radical (unpaired) electrons. The lowest BCUT2D eigenvalue weighted by Gasteiger charge is -2.35. The molecule has 3 rings (SSSR count). The second-order valence-electron chi connectivity index (χ2n) is 6.79. The predicted octanol–water partition coefficient (Wildman–Crippen LogP) is 3.58. The normalized spacial score (nSPS) is 16.2. The second kappa shape index (κ2) is 9.26. The highest BCUT2D eigenvalue weighted by Crippen LogP contribution is 2.32. The zero-order valence-corrected chi connectivity index (χ0v) is 17.2. The Balaban J connectivity index is 1.99. The number of carbonyl (C=O) groups is 3. The van der Waals surface area contributed by atoms with Crippen molar-refractivity contribution in [2.75, 3.05) is 13.7 Å². The fraction of sp³-hybridized carbons (Fsp3) is 0.261. The fourth-order valence-electron chi connectivity index (χ4n) is 3.39. The quantitative estimate of drug-likeness (QED) is 0.739. The molecule has 1 atom stereocenters. The van der Waals surface area contributed by atoms with Crippen LogP contribution in [-0.2, 0) is 20.8 Å². The third-order valence-corrected chi connectivity index (χ3v) is 4.94. The van der Waals surface area contributed by atoms with Crippen LogP contribution in [0.1, 0.15) is 41.4 Å². The number of esters is 2. The van der Waals surface area contributed by atoms with E-state index in [9.17, 15) is 14.4 Å². The summed E-state index contributed by atoms with van der Waals surface area (Å²) in [7, 11) is 1.31. The van der Waals surface area contributed by atoms with Crippen LogP contribution in [0.2, 0.25) is 0 Å². The standard InChI is InChI=1S/C23H24N2O5/c1-4-30-22(27)19-15(2)25(14-16-8-6-5-7-9-16)23(28)24-20(19)17-10-12-18(13-11-17)21(26)29-3/h5-13,20H,4,14H2,1-3H3,(H,24,28)/t20-/m0/s1. The van der Waals surface area contributed by atoms with Gasteiger partial charge in [0.25, 0.3) is 0 Å². The molecule has 0 bridgehead atoms. The van der Waals surface area contributed by atoms with Crippen molar-refractivity contribution in [3.8, 4) is 0 Å². The lowest BCUT2D eigenvalue weighted by atomic mass is 9.94. The summed E-state index contributed by atoms with van der Waals surface area (Å²) in [6.45, 7) is 4.02. The number of allylic oxidation sites excluding steroid dienone is 1. The Morgan fingerprint density at radius 1 is 1.03 bits per heavy atom. The first kappa shape index (κ1) is 21.1. The Morgan fingerprint density at radius 2 is 1.70 bits per heavy atom. The lowest BCUT2D eigenvalue weighted by molar-refractivity contribution is -0.139. The van der Waals surface area contributed by atoms with E-state index in [-0.39, 0.29) is 12.6 Å². The van der Waals surface area contributed by atoms with Gasteiger partial charge in [-0.15, -0.1) is 0 Å². The third-order valence-electron chi connectivity index (χ3n) is 4.94. The summed E-state index contributed by atoms with van der Waals surface area (Å²) in [5.41, 5.74) is 2.88. The molecular formula is C23H24N2O5. The van der Waals surface area contributed by atoms with Gasteiger partial charge in [-0.3, -0.25) is 4.90 Å². The highest BCUT2D eigenvalue weighted by Gasteiger charge is 2.36. The van der Waals surface area contributed by atoms with Crippen LogP contribution >= 0.6 is 0 Å². The largest absolute Gasteiger partial charge is 0.465 e. The summed E-state index contributed by atoms with van der Waals surface area (Å²) in [6.07, 6.45) is 0. The van der Waals surface area contributed by atoms with Crippen LogP contribution in [0.15, 0.2) is 65.9 Å². The zero-order valence-electron chi connectivity index (χ0n) is 17.2. The van der Waals surface area contributed by atoms with E-state index in [1.165, 1.54) is 12.0 Å². The van der Waals surface area contributed by atoms with Gasteiger partial charge in [-0.05, 0) is 37.1 Å². The van der Waals surface area contributed by atoms with E-state index in [0.29, 0.717) is 28.9 Å². The van der Waals surface area contributed by atoms with Crippen molar-refractivity contribution in [3.63, 3.8) is 0 Å². The molecule has 2 aromatic rings. The molecule has 0 aliphatic carbocycles. The van der Waals surface area contributed by atoms with E-state index in [2.05, 4.69) is 5.32 Å². The molecule has 1 N–H and O–H groups in total. The molecule has 2 aromatic carbocycles. The number of ether oxygens (including phenoxy) is 2. The first-order valence-corrected chi connectivity index (χ1v) is 9.64. The lowest BCUT2D eigenvalue weighted by Crippen LogP contribution is -2.47. The molecule has 0 saturated heterocycles. The van der Waals surface area contributed by atoms with Gasteiger partial charge in [-0.25, -0.2) is 14.4 Å². The highest BCUT2D eigenvalue weighted by atomic mass is 16.5. The van der Waals surface area contributed by atoms with E-state index >= 15 is 0 Å². The fourth-order valence-corrected chi connectivity index (χ4v) is 3.39. The van der Waals surface area contributed by atoms with Crippen molar-refractivity contribution in [3.05, 3.63) is 82.6 Å². The van der Waals surface area contributed by atoms with Crippen LogP contribution in [0.4, 0.5) is 4.79 Å². The SMILES string of the molecule is CCOC(=O)C1=C(C)N(Cc2ccccc2)C(=O)N[C@H]1c1ccc(C(=O)OC)cc1. The number of nitrogens with zero attached hydrogens (tertiary/aromatic N) is 1. The van der Waals surface area contributed by atoms with Crippen molar-refractivity contribution in [1.29, 1.82) is 0 Å². The molecule has 0 spiro atoms.